The molecule has 1 rings (SSSR count). The predicted molar refractivity (Wildman–Crippen MR) is 57.1 cm³/mol. The average molecular weight is 199 g/mol. The van der Waals surface area contributed by atoms with Crippen LogP contribution in [0.3, 0.4) is 0 Å². The van der Waals surface area contributed by atoms with Crippen LogP contribution < -0.4 is 5.73 Å². The molecule has 0 bridgehead atoms. The molecule has 2 N–H and O–H groups in total. The van der Waals surface area contributed by atoms with Crippen molar-refractivity contribution in [3.63, 3.8) is 0 Å². The van der Waals surface area contributed by atoms with Crippen molar-refractivity contribution in [2.75, 3.05) is 13.7 Å². The lowest BCUT2D eigenvalue weighted by atomic mass is 10.1. The maximum absolute atomic E-state index is 6.00. The van der Waals surface area contributed by atoms with Gasteiger partial charge in [0.2, 0.25) is 0 Å². The van der Waals surface area contributed by atoms with Crippen LogP contribution in [-0.2, 0) is 4.74 Å². The first-order chi connectivity index (χ1) is 6.24. The van der Waals surface area contributed by atoms with Crippen LogP contribution in [0.15, 0.2) is 12.1 Å². The van der Waals surface area contributed by atoms with Gasteiger partial charge in [0.1, 0.15) is 0 Å². The van der Waals surface area contributed by atoms with E-state index in [0.29, 0.717) is 0 Å². The first-order valence-electron chi connectivity index (χ1n) is 4.55. The second kappa shape index (κ2) is 5.37. The Morgan fingerprint density at radius 3 is 2.85 bits per heavy atom. The Bertz CT molecular complexity index is 247. The third kappa shape index (κ3) is 3.46. The molecule has 0 aliphatic heterocycles. The second-order valence-corrected chi connectivity index (χ2v) is 4.51. The third-order valence-corrected chi connectivity index (χ3v) is 3.12. The number of hydrogen-bond acceptors (Lipinski definition) is 3. The largest absolute Gasteiger partial charge is 0.385 e. The van der Waals surface area contributed by atoms with E-state index in [-0.39, 0.29) is 6.04 Å². The summed E-state index contributed by atoms with van der Waals surface area (Å²) in [6, 6.07) is 4.43. The highest BCUT2D eigenvalue weighted by molar-refractivity contribution is 7.12. The molecule has 13 heavy (non-hydrogen) atoms. The number of aryl methyl sites for hydroxylation is 1. The summed E-state index contributed by atoms with van der Waals surface area (Å²) in [7, 11) is 1.72. The minimum atomic E-state index is 0.189. The Hall–Kier alpha value is -0.380. The monoisotopic (exact) mass is 199 g/mol. The van der Waals surface area contributed by atoms with Gasteiger partial charge >= 0.3 is 0 Å². The Morgan fingerprint density at radius 1 is 1.54 bits per heavy atom. The van der Waals surface area contributed by atoms with E-state index < -0.39 is 0 Å². The molecule has 3 heteroatoms. The molecule has 0 saturated carbocycles. The Morgan fingerprint density at radius 2 is 2.31 bits per heavy atom. The zero-order chi connectivity index (χ0) is 9.68. The van der Waals surface area contributed by atoms with Crippen molar-refractivity contribution in [3.05, 3.63) is 21.9 Å². The highest BCUT2D eigenvalue weighted by atomic mass is 32.1. The molecule has 1 aromatic heterocycles. The second-order valence-electron chi connectivity index (χ2n) is 3.19. The number of methoxy groups -OCH3 is 1. The van der Waals surface area contributed by atoms with E-state index >= 15 is 0 Å². The summed E-state index contributed by atoms with van der Waals surface area (Å²) in [5, 5.41) is 0. The van der Waals surface area contributed by atoms with Crippen molar-refractivity contribution in [1.82, 2.24) is 0 Å². The molecule has 0 spiro atoms. The van der Waals surface area contributed by atoms with Gasteiger partial charge in [-0.1, -0.05) is 0 Å². The minimum Gasteiger partial charge on any atom is -0.385 e. The smallest absolute Gasteiger partial charge is 0.0462 e. The van der Waals surface area contributed by atoms with Crippen molar-refractivity contribution < 1.29 is 4.74 Å². The quantitative estimate of drug-likeness (QED) is 0.739. The number of thiophene rings is 1. The molecular weight excluding hydrogens is 182 g/mol. The molecule has 1 atom stereocenters. The SMILES string of the molecule is COCCCC(N)c1ccc(C)s1. The van der Waals surface area contributed by atoms with E-state index in [4.69, 9.17) is 10.5 Å². The molecule has 0 aliphatic rings. The average Bonchev–Trinajstić information content (AvgIpc) is 2.52. The molecule has 0 fully saturated rings. The van der Waals surface area contributed by atoms with E-state index in [0.717, 1.165) is 19.4 Å². The molecule has 0 saturated heterocycles. The molecule has 2 nitrogen and oxygen atoms in total. The number of ether oxygens (including phenoxy) is 1. The van der Waals surface area contributed by atoms with E-state index in [9.17, 15) is 0 Å². The standard InChI is InChI=1S/C10H17NOS/c1-8-5-6-10(13-8)9(11)4-3-7-12-2/h5-6,9H,3-4,7,11H2,1-2H3. The maximum atomic E-state index is 6.00. The number of nitrogens with two attached hydrogens (primary N) is 1. The zero-order valence-electron chi connectivity index (χ0n) is 8.25. The number of hydrogen-bond donors (Lipinski definition) is 1. The van der Waals surface area contributed by atoms with E-state index in [1.165, 1.54) is 9.75 Å². The Kier molecular flexibility index (Phi) is 4.42. The molecule has 0 radical (unpaired) electrons. The van der Waals surface area contributed by atoms with Gasteiger partial charge in [0.15, 0.2) is 0 Å². The summed E-state index contributed by atoms with van der Waals surface area (Å²) in [5.74, 6) is 0. The van der Waals surface area contributed by atoms with Crippen LogP contribution in [0.2, 0.25) is 0 Å². The van der Waals surface area contributed by atoms with Crippen LogP contribution in [0.25, 0.3) is 0 Å². The number of rotatable bonds is 5. The lowest BCUT2D eigenvalue weighted by molar-refractivity contribution is 0.190. The summed E-state index contributed by atoms with van der Waals surface area (Å²) in [5.41, 5.74) is 6.00. The molecule has 0 amide bonds. The lowest BCUT2D eigenvalue weighted by Crippen LogP contribution is -2.09. The minimum absolute atomic E-state index is 0.189. The topological polar surface area (TPSA) is 35.2 Å². The molecular formula is C10H17NOS. The van der Waals surface area contributed by atoms with E-state index in [1.54, 1.807) is 18.4 Å². The van der Waals surface area contributed by atoms with Crippen LogP contribution in [0.4, 0.5) is 0 Å². The van der Waals surface area contributed by atoms with Crippen molar-refractivity contribution >= 4 is 11.3 Å². The van der Waals surface area contributed by atoms with Crippen LogP contribution >= 0.6 is 11.3 Å². The van der Waals surface area contributed by atoms with Crippen LogP contribution in [0.1, 0.15) is 28.6 Å². The van der Waals surface area contributed by atoms with Crippen LogP contribution in [0.5, 0.6) is 0 Å². The summed E-state index contributed by atoms with van der Waals surface area (Å²) in [6.07, 6.45) is 2.04. The van der Waals surface area contributed by atoms with Gasteiger partial charge in [0.05, 0.1) is 0 Å². The molecule has 74 valence electrons. The van der Waals surface area contributed by atoms with Gasteiger partial charge in [-0.3, -0.25) is 0 Å². The Labute approximate surface area is 83.7 Å². The molecule has 1 heterocycles. The molecule has 1 aromatic rings. The molecule has 1 unspecified atom stereocenters. The van der Waals surface area contributed by atoms with Crippen molar-refractivity contribution in [2.45, 2.75) is 25.8 Å². The summed E-state index contributed by atoms with van der Waals surface area (Å²) >= 11 is 1.79. The predicted octanol–water partition coefficient (Wildman–Crippen LogP) is 2.48. The van der Waals surface area contributed by atoms with Gasteiger partial charge in [-0.2, -0.15) is 0 Å². The van der Waals surface area contributed by atoms with E-state index in [1.807, 2.05) is 0 Å². The first kappa shape index (κ1) is 10.7. The fraction of sp³-hybridized carbons (Fsp3) is 0.600. The van der Waals surface area contributed by atoms with Crippen molar-refractivity contribution in [2.24, 2.45) is 5.73 Å². The summed E-state index contributed by atoms with van der Waals surface area (Å²) in [6.45, 7) is 2.91. The van der Waals surface area contributed by atoms with Gasteiger partial charge in [0, 0.05) is 29.5 Å². The van der Waals surface area contributed by atoms with E-state index in [2.05, 4.69) is 19.1 Å². The van der Waals surface area contributed by atoms with Gasteiger partial charge in [-0.05, 0) is 31.9 Å². The van der Waals surface area contributed by atoms with Crippen molar-refractivity contribution in [3.8, 4) is 0 Å². The van der Waals surface area contributed by atoms with Crippen LogP contribution in [-0.4, -0.2) is 13.7 Å². The fourth-order valence-corrected chi connectivity index (χ4v) is 2.16. The lowest BCUT2D eigenvalue weighted by Gasteiger charge is -2.08. The van der Waals surface area contributed by atoms with Crippen LogP contribution in [0, 0.1) is 6.92 Å². The molecule has 0 aliphatic carbocycles. The first-order valence-corrected chi connectivity index (χ1v) is 5.36. The van der Waals surface area contributed by atoms with Gasteiger partial charge in [0.25, 0.3) is 0 Å². The summed E-state index contributed by atoms with van der Waals surface area (Å²) < 4.78 is 4.98. The fourth-order valence-electron chi connectivity index (χ4n) is 1.24. The van der Waals surface area contributed by atoms with Gasteiger partial charge < -0.3 is 10.5 Å². The normalized spacial score (nSPS) is 13.2. The maximum Gasteiger partial charge on any atom is 0.0462 e. The van der Waals surface area contributed by atoms with Gasteiger partial charge in [-0.25, -0.2) is 0 Å². The summed E-state index contributed by atoms with van der Waals surface area (Å²) in [4.78, 5) is 2.62. The molecule has 0 aromatic carbocycles. The highest BCUT2D eigenvalue weighted by Crippen LogP contribution is 2.23. The zero-order valence-corrected chi connectivity index (χ0v) is 9.06. The Balaban J connectivity index is 2.35. The van der Waals surface area contributed by atoms with Gasteiger partial charge in [-0.15, -0.1) is 11.3 Å². The third-order valence-electron chi connectivity index (χ3n) is 1.99. The van der Waals surface area contributed by atoms with Crippen molar-refractivity contribution in [1.29, 1.82) is 0 Å². The highest BCUT2D eigenvalue weighted by Gasteiger charge is 2.07.